The number of nitrogens with zero attached hydrogens (tertiary/aromatic N) is 3. The number of hydrogen-bond acceptors (Lipinski definition) is 5. The van der Waals surface area contributed by atoms with Gasteiger partial charge in [0.25, 0.3) is 0 Å². The van der Waals surface area contributed by atoms with E-state index in [0.29, 0.717) is 13.2 Å². The Morgan fingerprint density at radius 3 is 2.73 bits per heavy atom. The second kappa shape index (κ2) is 11.6. The number of likely N-dealkylation sites (tertiary alicyclic amines) is 1. The molecule has 0 aliphatic carbocycles. The number of benzene rings is 1. The van der Waals surface area contributed by atoms with Gasteiger partial charge in [0.2, 0.25) is 0 Å². The van der Waals surface area contributed by atoms with E-state index in [-0.39, 0.29) is 6.04 Å². The molecular formula is C23H35N5O2. The average Bonchev–Trinajstić information content (AvgIpc) is 3.45. The summed E-state index contributed by atoms with van der Waals surface area (Å²) in [6, 6.07) is 12.4. The molecule has 1 aromatic heterocycles. The molecule has 1 saturated heterocycles. The van der Waals surface area contributed by atoms with Crippen molar-refractivity contribution >= 4 is 5.96 Å². The second-order valence-corrected chi connectivity index (χ2v) is 7.88. The maximum atomic E-state index is 5.84. The number of likely N-dealkylation sites (N-methyl/N-ethyl adjacent to an activating group) is 1. The summed E-state index contributed by atoms with van der Waals surface area (Å²) in [7, 11) is 5.89. The van der Waals surface area contributed by atoms with Gasteiger partial charge in [-0.15, -0.1) is 0 Å². The maximum absolute atomic E-state index is 5.84. The van der Waals surface area contributed by atoms with E-state index >= 15 is 0 Å². The van der Waals surface area contributed by atoms with Gasteiger partial charge in [-0.3, -0.25) is 9.89 Å². The van der Waals surface area contributed by atoms with Crippen LogP contribution in [0.4, 0.5) is 0 Å². The molecule has 1 atom stereocenters. The SMILES string of the molecule is CN=C(NCc1cccc(OCCN(C)C)c1)NCC(c1ccco1)N1CCCC1. The van der Waals surface area contributed by atoms with E-state index < -0.39 is 0 Å². The average molecular weight is 414 g/mol. The Kier molecular flexibility index (Phi) is 8.59. The van der Waals surface area contributed by atoms with Crippen molar-refractivity contribution in [3.05, 3.63) is 54.0 Å². The first-order valence-corrected chi connectivity index (χ1v) is 10.7. The first-order valence-electron chi connectivity index (χ1n) is 10.7. The van der Waals surface area contributed by atoms with Crippen LogP contribution in [0.5, 0.6) is 5.75 Å². The minimum Gasteiger partial charge on any atom is -0.492 e. The molecule has 2 heterocycles. The quantitative estimate of drug-likeness (QED) is 0.461. The van der Waals surface area contributed by atoms with Crippen molar-refractivity contribution < 1.29 is 9.15 Å². The zero-order chi connectivity index (χ0) is 21.2. The highest BCUT2D eigenvalue weighted by atomic mass is 16.5. The molecule has 1 aliphatic rings. The normalized spacial score (nSPS) is 16.1. The first-order chi connectivity index (χ1) is 14.7. The highest BCUT2D eigenvalue weighted by molar-refractivity contribution is 5.79. The number of rotatable bonds is 10. The zero-order valence-electron chi connectivity index (χ0n) is 18.4. The third-order valence-electron chi connectivity index (χ3n) is 5.31. The minimum atomic E-state index is 0.217. The first kappa shape index (κ1) is 22.2. The van der Waals surface area contributed by atoms with E-state index in [9.17, 15) is 0 Å². The standard InChI is InChI=1S/C23H35N5O2/c1-24-23(25-17-19-8-6-9-20(16-19)29-15-13-27(2)3)26-18-21(22-10-7-14-30-22)28-11-4-5-12-28/h6-10,14,16,21H,4-5,11-13,15,17-18H2,1-3H3,(H2,24,25,26). The molecular weight excluding hydrogens is 378 g/mol. The van der Waals surface area contributed by atoms with Crippen molar-refractivity contribution in [1.82, 2.24) is 20.4 Å². The van der Waals surface area contributed by atoms with Gasteiger partial charge in [-0.1, -0.05) is 12.1 Å². The van der Waals surface area contributed by atoms with Crippen LogP contribution < -0.4 is 15.4 Å². The molecule has 1 fully saturated rings. The van der Waals surface area contributed by atoms with E-state index in [0.717, 1.165) is 49.2 Å². The van der Waals surface area contributed by atoms with Crippen LogP contribution in [-0.4, -0.2) is 69.7 Å². The van der Waals surface area contributed by atoms with Crippen LogP contribution in [0.1, 0.15) is 30.2 Å². The Morgan fingerprint density at radius 1 is 1.20 bits per heavy atom. The Labute approximate surface area is 180 Å². The van der Waals surface area contributed by atoms with Crippen LogP contribution in [0, 0.1) is 0 Å². The maximum Gasteiger partial charge on any atom is 0.191 e. The van der Waals surface area contributed by atoms with Crippen molar-refractivity contribution in [2.24, 2.45) is 4.99 Å². The lowest BCUT2D eigenvalue weighted by Gasteiger charge is -2.26. The van der Waals surface area contributed by atoms with Crippen LogP contribution in [0.15, 0.2) is 52.1 Å². The van der Waals surface area contributed by atoms with E-state index in [1.807, 2.05) is 32.3 Å². The van der Waals surface area contributed by atoms with Gasteiger partial charge in [-0.25, -0.2) is 0 Å². The van der Waals surface area contributed by atoms with Crippen molar-refractivity contribution in [3.63, 3.8) is 0 Å². The minimum absolute atomic E-state index is 0.217. The summed E-state index contributed by atoms with van der Waals surface area (Å²) < 4.78 is 11.5. The fourth-order valence-corrected chi connectivity index (χ4v) is 3.63. The van der Waals surface area contributed by atoms with Crippen molar-refractivity contribution in [1.29, 1.82) is 0 Å². The Hall–Kier alpha value is -2.51. The molecule has 0 bridgehead atoms. The molecule has 0 radical (unpaired) electrons. The molecule has 164 valence electrons. The molecule has 1 aromatic carbocycles. The zero-order valence-corrected chi connectivity index (χ0v) is 18.4. The number of guanidine groups is 1. The van der Waals surface area contributed by atoms with Crippen LogP contribution in [-0.2, 0) is 6.54 Å². The number of aliphatic imine (C=N–C) groups is 1. The summed E-state index contributed by atoms with van der Waals surface area (Å²) >= 11 is 0. The largest absolute Gasteiger partial charge is 0.492 e. The predicted octanol–water partition coefficient (Wildman–Crippen LogP) is 2.72. The topological polar surface area (TPSA) is 65.3 Å². The fraction of sp³-hybridized carbons (Fsp3) is 0.522. The lowest BCUT2D eigenvalue weighted by Crippen LogP contribution is -2.42. The molecule has 7 heteroatoms. The highest BCUT2D eigenvalue weighted by Gasteiger charge is 2.25. The van der Waals surface area contributed by atoms with Gasteiger partial charge in [-0.05, 0) is 69.9 Å². The molecule has 3 rings (SSSR count). The second-order valence-electron chi connectivity index (χ2n) is 7.88. The van der Waals surface area contributed by atoms with Gasteiger partial charge >= 0.3 is 0 Å². The number of ether oxygens (including phenoxy) is 1. The summed E-state index contributed by atoms with van der Waals surface area (Å²) in [6.45, 7) is 5.23. The molecule has 1 aliphatic heterocycles. The Morgan fingerprint density at radius 2 is 2.03 bits per heavy atom. The van der Waals surface area contributed by atoms with Crippen LogP contribution in [0.2, 0.25) is 0 Å². The van der Waals surface area contributed by atoms with E-state index in [2.05, 4.69) is 43.6 Å². The molecule has 7 nitrogen and oxygen atoms in total. The molecule has 0 spiro atoms. The van der Waals surface area contributed by atoms with Gasteiger partial charge in [-0.2, -0.15) is 0 Å². The van der Waals surface area contributed by atoms with Gasteiger partial charge in [0, 0.05) is 26.7 Å². The summed E-state index contributed by atoms with van der Waals surface area (Å²) in [4.78, 5) is 8.97. The van der Waals surface area contributed by atoms with E-state index in [4.69, 9.17) is 9.15 Å². The van der Waals surface area contributed by atoms with Gasteiger partial charge in [0.1, 0.15) is 18.1 Å². The number of furan rings is 1. The van der Waals surface area contributed by atoms with E-state index in [1.54, 1.807) is 13.3 Å². The third kappa shape index (κ3) is 6.78. The lowest BCUT2D eigenvalue weighted by molar-refractivity contribution is 0.215. The van der Waals surface area contributed by atoms with Gasteiger partial charge in [0.15, 0.2) is 5.96 Å². The predicted molar refractivity (Wildman–Crippen MR) is 121 cm³/mol. The monoisotopic (exact) mass is 413 g/mol. The van der Waals surface area contributed by atoms with Crippen molar-refractivity contribution in [2.75, 3.05) is 53.9 Å². The Balaban J connectivity index is 1.50. The third-order valence-corrected chi connectivity index (χ3v) is 5.31. The number of nitrogens with one attached hydrogen (secondary N) is 2. The highest BCUT2D eigenvalue weighted by Crippen LogP contribution is 2.24. The summed E-state index contributed by atoms with van der Waals surface area (Å²) in [5.41, 5.74) is 1.16. The van der Waals surface area contributed by atoms with Crippen LogP contribution in [0.3, 0.4) is 0 Å². The van der Waals surface area contributed by atoms with Crippen LogP contribution in [0.25, 0.3) is 0 Å². The van der Waals surface area contributed by atoms with Crippen molar-refractivity contribution in [3.8, 4) is 5.75 Å². The summed E-state index contributed by atoms with van der Waals surface area (Å²) in [5.74, 6) is 2.68. The molecule has 0 saturated carbocycles. The molecule has 2 aromatic rings. The van der Waals surface area contributed by atoms with Gasteiger partial charge < -0.3 is 24.7 Å². The number of hydrogen-bond donors (Lipinski definition) is 2. The van der Waals surface area contributed by atoms with Crippen molar-refractivity contribution in [2.45, 2.75) is 25.4 Å². The Bertz CT molecular complexity index is 770. The smallest absolute Gasteiger partial charge is 0.191 e. The molecule has 0 amide bonds. The van der Waals surface area contributed by atoms with Gasteiger partial charge in [0.05, 0.1) is 12.3 Å². The fourth-order valence-electron chi connectivity index (χ4n) is 3.63. The van der Waals surface area contributed by atoms with Crippen LogP contribution >= 0.6 is 0 Å². The van der Waals surface area contributed by atoms with E-state index in [1.165, 1.54) is 12.8 Å². The molecule has 1 unspecified atom stereocenters. The summed E-state index contributed by atoms with van der Waals surface area (Å²) in [5, 5.41) is 6.87. The molecule has 2 N–H and O–H groups in total. The molecule has 30 heavy (non-hydrogen) atoms. The summed E-state index contributed by atoms with van der Waals surface area (Å²) in [6.07, 6.45) is 4.24. The lowest BCUT2D eigenvalue weighted by atomic mass is 10.2.